The van der Waals surface area contributed by atoms with Gasteiger partial charge in [-0.1, -0.05) is 12.1 Å². The molecule has 2 aromatic rings. The highest BCUT2D eigenvalue weighted by atomic mass is 19.1. The Morgan fingerprint density at radius 1 is 1.13 bits per heavy atom. The van der Waals surface area contributed by atoms with Crippen molar-refractivity contribution in [2.45, 2.75) is 6.92 Å². The van der Waals surface area contributed by atoms with Crippen molar-refractivity contribution in [3.63, 3.8) is 0 Å². The van der Waals surface area contributed by atoms with Crippen molar-refractivity contribution in [2.24, 2.45) is 0 Å². The van der Waals surface area contributed by atoms with Crippen molar-refractivity contribution in [3.8, 4) is 11.1 Å². The minimum atomic E-state index is -0.237. The monoisotopic (exact) mass is 203 g/mol. The summed E-state index contributed by atoms with van der Waals surface area (Å²) in [5.74, 6) is -0.237. The molecule has 0 saturated heterocycles. The van der Waals surface area contributed by atoms with Crippen LogP contribution in [0.3, 0.4) is 0 Å². The van der Waals surface area contributed by atoms with E-state index in [0.717, 1.165) is 11.1 Å². The van der Waals surface area contributed by atoms with Gasteiger partial charge in [-0.3, -0.25) is 4.79 Å². The molecule has 0 bridgehead atoms. The first kappa shape index (κ1) is 9.65. The van der Waals surface area contributed by atoms with Gasteiger partial charge in [0, 0.05) is 12.3 Å². The Morgan fingerprint density at radius 2 is 1.87 bits per heavy atom. The van der Waals surface area contributed by atoms with E-state index in [4.69, 9.17) is 0 Å². The topological polar surface area (TPSA) is 32.9 Å². The quantitative estimate of drug-likeness (QED) is 0.758. The number of aryl methyl sites for hydroxylation is 1. The SMILES string of the molecule is Cc1ccc(-c2ccc(=O)[nH]c2)cc1F. The molecule has 0 fully saturated rings. The van der Waals surface area contributed by atoms with Crippen LogP contribution in [0.4, 0.5) is 4.39 Å². The number of benzene rings is 1. The number of hydrogen-bond donors (Lipinski definition) is 1. The highest BCUT2D eigenvalue weighted by Gasteiger charge is 2.01. The second kappa shape index (κ2) is 3.69. The van der Waals surface area contributed by atoms with E-state index in [1.807, 2.05) is 6.07 Å². The summed E-state index contributed by atoms with van der Waals surface area (Å²) in [5.41, 5.74) is 2.01. The highest BCUT2D eigenvalue weighted by molar-refractivity contribution is 5.62. The lowest BCUT2D eigenvalue weighted by molar-refractivity contribution is 0.619. The first-order valence-electron chi connectivity index (χ1n) is 4.62. The fourth-order valence-electron chi connectivity index (χ4n) is 1.36. The van der Waals surface area contributed by atoms with Gasteiger partial charge in [0.15, 0.2) is 0 Å². The summed E-state index contributed by atoms with van der Waals surface area (Å²) in [6, 6.07) is 8.10. The van der Waals surface area contributed by atoms with Crippen molar-refractivity contribution >= 4 is 0 Å². The van der Waals surface area contributed by atoms with Gasteiger partial charge in [-0.25, -0.2) is 4.39 Å². The Morgan fingerprint density at radius 3 is 2.47 bits per heavy atom. The summed E-state index contributed by atoms with van der Waals surface area (Å²) >= 11 is 0. The predicted octanol–water partition coefficient (Wildman–Crippen LogP) is 2.49. The second-order valence-electron chi connectivity index (χ2n) is 3.41. The van der Waals surface area contributed by atoms with Crippen LogP contribution in [0.15, 0.2) is 41.3 Å². The molecule has 3 heteroatoms. The van der Waals surface area contributed by atoms with Crippen LogP contribution in [-0.2, 0) is 0 Å². The zero-order valence-corrected chi connectivity index (χ0v) is 8.25. The van der Waals surface area contributed by atoms with Crippen LogP contribution in [0.1, 0.15) is 5.56 Å². The molecule has 2 nitrogen and oxygen atoms in total. The van der Waals surface area contributed by atoms with Gasteiger partial charge in [0.05, 0.1) is 0 Å². The number of aromatic amines is 1. The lowest BCUT2D eigenvalue weighted by Crippen LogP contribution is -2.01. The molecule has 0 aliphatic carbocycles. The summed E-state index contributed by atoms with van der Waals surface area (Å²) in [5, 5.41) is 0. The number of rotatable bonds is 1. The molecule has 0 saturated carbocycles. The maximum absolute atomic E-state index is 13.3. The molecule has 0 atom stereocenters. The molecule has 76 valence electrons. The van der Waals surface area contributed by atoms with Gasteiger partial charge in [0.1, 0.15) is 5.82 Å². The van der Waals surface area contributed by atoms with Crippen LogP contribution < -0.4 is 5.56 Å². The fourth-order valence-corrected chi connectivity index (χ4v) is 1.36. The Kier molecular flexibility index (Phi) is 2.37. The maximum Gasteiger partial charge on any atom is 0.247 e. The average molecular weight is 203 g/mol. The van der Waals surface area contributed by atoms with Gasteiger partial charge in [-0.05, 0) is 35.7 Å². The first-order chi connectivity index (χ1) is 7.16. The van der Waals surface area contributed by atoms with E-state index >= 15 is 0 Å². The van der Waals surface area contributed by atoms with Gasteiger partial charge >= 0.3 is 0 Å². The largest absolute Gasteiger partial charge is 0.328 e. The van der Waals surface area contributed by atoms with E-state index < -0.39 is 0 Å². The number of hydrogen-bond acceptors (Lipinski definition) is 1. The third kappa shape index (κ3) is 1.96. The summed E-state index contributed by atoms with van der Waals surface area (Å²) in [4.78, 5) is 13.4. The summed E-state index contributed by atoms with van der Waals surface area (Å²) < 4.78 is 13.3. The van der Waals surface area contributed by atoms with E-state index in [2.05, 4.69) is 4.98 Å². The standard InChI is InChI=1S/C12H10FNO/c1-8-2-3-9(6-11(8)13)10-4-5-12(15)14-7-10/h2-7H,1H3,(H,14,15). The van der Waals surface area contributed by atoms with Gasteiger partial charge in [0.2, 0.25) is 5.56 Å². The van der Waals surface area contributed by atoms with Crippen LogP contribution in [0.5, 0.6) is 0 Å². The van der Waals surface area contributed by atoms with Crippen LogP contribution in [0, 0.1) is 12.7 Å². The average Bonchev–Trinajstić information content (AvgIpc) is 2.23. The number of H-pyrrole nitrogens is 1. The van der Waals surface area contributed by atoms with Crippen molar-refractivity contribution in [1.82, 2.24) is 4.98 Å². The third-order valence-corrected chi connectivity index (χ3v) is 2.29. The minimum Gasteiger partial charge on any atom is -0.328 e. The lowest BCUT2D eigenvalue weighted by atomic mass is 10.1. The lowest BCUT2D eigenvalue weighted by Gasteiger charge is -2.02. The molecule has 1 N–H and O–H groups in total. The van der Waals surface area contributed by atoms with E-state index in [-0.39, 0.29) is 11.4 Å². The minimum absolute atomic E-state index is 0.161. The first-order valence-corrected chi connectivity index (χ1v) is 4.62. The van der Waals surface area contributed by atoms with Crippen LogP contribution >= 0.6 is 0 Å². The molecule has 1 heterocycles. The van der Waals surface area contributed by atoms with Crippen LogP contribution in [0.2, 0.25) is 0 Å². The molecule has 0 unspecified atom stereocenters. The van der Waals surface area contributed by atoms with Gasteiger partial charge in [-0.15, -0.1) is 0 Å². The number of halogens is 1. The molecule has 0 amide bonds. The summed E-state index contributed by atoms with van der Waals surface area (Å²) in [6.45, 7) is 1.71. The van der Waals surface area contributed by atoms with E-state index in [1.165, 1.54) is 12.1 Å². The normalized spacial score (nSPS) is 10.3. The maximum atomic E-state index is 13.3. The zero-order chi connectivity index (χ0) is 10.8. The number of pyridine rings is 1. The molecule has 1 aromatic carbocycles. The summed E-state index contributed by atoms with van der Waals surface area (Å²) in [6.07, 6.45) is 1.58. The Labute approximate surface area is 86.4 Å². The van der Waals surface area contributed by atoms with E-state index in [9.17, 15) is 9.18 Å². The van der Waals surface area contributed by atoms with Gasteiger partial charge < -0.3 is 4.98 Å². The Balaban J connectivity index is 2.50. The van der Waals surface area contributed by atoms with Crippen molar-refractivity contribution in [2.75, 3.05) is 0 Å². The molecular weight excluding hydrogens is 193 g/mol. The van der Waals surface area contributed by atoms with Gasteiger partial charge in [-0.2, -0.15) is 0 Å². The Hall–Kier alpha value is -1.90. The van der Waals surface area contributed by atoms with Crippen LogP contribution in [0.25, 0.3) is 11.1 Å². The van der Waals surface area contributed by atoms with Crippen molar-refractivity contribution < 1.29 is 4.39 Å². The van der Waals surface area contributed by atoms with Crippen LogP contribution in [-0.4, -0.2) is 4.98 Å². The van der Waals surface area contributed by atoms with E-state index in [1.54, 1.807) is 25.3 Å². The molecular formula is C12H10FNO. The predicted molar refractivity (Wildman–Crippen MR) is 57.2 cm³/mol. The molecule has 1 aromatic heterocycles. The fraction of sp³-hybridized carbons (Fsp3) is 0.0833. The zero-order valence-electron chi connectivity index (χ0n) is 8.25. The number of aromatic nitrogens is 1. The molecule has 2 rings (SSSR count). The second-order valence-corrected chi connectivity index (χ2v) is 3.41. The van der Waals surface area contributed by atoms with Crippen molar-refractivity contribution in [1.29, 1.82) is 0 Å². The Bertz CT molecular complexity index is 525. The number of nitrogens with one attached hydrogen (secondary N) is 1. The summed E-state index contributed by atoms with van der Waals surface area (Å²) in [7, 11) is 0. The molecule has 0 aliphatic rings. The molecule has 15 heavy (non-hydrogen) atoms. The molecule has 0 aliphatic heterocycles. The smallest absolute Gasteiger partial charge is 0.247 e. The van der Waals surface area contributed by atoms with Gasteiger partial charge in [0.25, 0.3) is 0 Å². The molecule has 0 spiro atoms. The third-order valence-electron chi connectivity index (χ3n) is 2.29. The van der Waals surface area contributed by atoms with Crippen molar-refractivity contribution in [3.05, 3.63) is 58.3 Å². The highest BCUT2D eigenvalue weighted by Crippen LogP contribution is 2.19. The molecule has 0 radical (unpaired) electrons. The van der Waals surface area contributed by atoms with E-state index in [0.29, 0.717) is 5.56 Å².